The molecule has 1 amide bonds. The maximum Gasteiger partial charge on any atom is 0.275 e. The number of nitrogens with one attached hydrogen (secondary N) is 1. The highest BCUT2D eigenvalue weighted by Crippen LogP contribution is 2.15. The summed E-state index contributed by atoms with van der Waals surface area (Å²) in [5.41, 5.74) is 0.947. The Hall–Kier alpha value is -3.29. The number of hydrogen-bond acceptors (Lipinski definition) is 5. The average Bonchev–Trinajstić information content (AvgIpc) is 2.90. The smallest absolute Gasteiger partial charge is 0.275 e. The van der Waals surface area contributed by atoms with Gasteiger partial charge in [-0.3, -0.25) is 14.4 Å². The van der Waals surface area contributed by atoms with Crippen molar-refractivity contribution in [2.45, 2.75) is 32.7 Å². The fourth-order valence-corrected chi connectivity index (χ4v) is 3.70. The molecule has 0 aliphatic carbocycles. The van der Waals surface area contributed by atoms with Crippen LogP contribution in [-0.4, -0.2) is 43.6 Å². The molecule has 0 spiro atoms. The highest BCUT2D eigenvalue weighted by Gasteiger charge is 2.27. The van der Waals surface area contributed by atoms with Crippen LogP contribution in [0.15, 0.2) is 40.1 Å². The topological polar surface area (TPSA) is 101 Å². The predicted molar refractivity (Wildman–Crippen MR) is 104 cm³/mol. The average molecular weight is 379 g/mol. The molecule has 8 heteroatoms. The van der Waals surface area contributed by atoms with Crippen molar-refractivity contribution in [2.24, 2.45) is 0 Å². The summed E-state index contributed by atoms with van der Waals surface area (Å²) in [6.07, 6.45) is 2.56. The van der Waals surface area contributed by atoms with Crippen LogP contribution in [0.5, 0.6) is 0 Å². The quantitative estimate of drug-likeness (QED) is 0.715. The van der Waals surface area contributed by atoms with E-state index >= 15 is 0 Å². The van der Waals surface area contributed by atoms with Gasteiger partial charge in [-0.05, 0) is 26.3 Å². The zero-order valence-electron chi connectivity index (χ0n) is 15.8. The monoisotopic (exact) mass is 379 g/mol. The summed E-state index contributed by atoms with van der Waals surface area (Å²) in [4.78, 5) is 46.8. The van der Waals surface area contributed by atoms with E-state index in [1.807, 2.05) is 12.1 Å². The summed E-state index contributed by atoms with van der Waals surface area (Å²) in [6.45, 7) is 4.29. The van der Waals surface area contributed by atoms with Crippen molar-refractivity contribution in [3.8, 4) is 0 Å². The number of rotatable bonds is 2. The lowest BCUT2D eigenvalue weighted by molar-refractivity contribution is -0.134. The minimum absolute atomic E-state index is 0.141. The second-order valence-corrected chi connectivity index (χ2v) is 7.06. The first-order chi connectivity index (χ1) is 13.5. The SMILES string of the molecule is Cc1nc2c(c(=O)[nH]1)CCN(C(=O)C(C)n1ncc3ccccc3c1=O)CC2. The number of carbonyl (C=O) groups excluding carboxylic acids is 1. The zero-order valence-corrected chi connectivity index (χ0v) is 15.8. The van der Waals surface area contributed by atoms with E-state index in [2.05, 4.69) is 15.1 Å². The van der Waals surface area contributed by atoms with Crippen LogP contribution in [0.3, 0.4) is 0 Å². The Labute approximate surface area is 160 Å². The van der Waals surface area contributed by atoms with Gasteiger partial charge in [0.1, 0.15) is 11.9 Å². The first-order valence-corrected chi connectivity index (χ1v) is 9.29. The maximum atomic E-state index is 13.1. The van der Waals surface area contributed by atoms with Crippen molar-refractivity contribution in [3.63, 3.8) is 0 Å². The van der Waals surface area contributed by atoms with Gasteiger partial charge in [-0.25, -0.2) is 9.67 Å². The van der Waals surface area contributed by atoms with Gasteiger partial charge < -0.3 is 9.88 Å². The number of aromatic nitrogens is 4. The van der Waals surface area contributed by atoms with Crippen molar-refractivity contribution in [2.75, 3.05) is 13.1 Å². The Balaban J connectivity index is 1.60. The molecule has 2 aromatic heterocycles. The second kappa shape index (κ2) is 7.03. The molecule has 28 heavy (non-hydrogen) atoms. The molecule has 8 nitrogen and oxygen atoms in total. The zero-order chi connectivity index (χ0) is 19.8. The first-order valence-electron chi connectivity index (χ1n) is 9.29. The Morgan fingerprint density at radius 3 is 2.75 bits per heavy atom. The molecule has 144 valence electrons. The molecule has 3 heterocycles. The van der Waals surface area contributed by atoms with Crippen LogP contribution in [0.1, 0.15) is 30.0 Å². The molecule has 4 rings (SSSR count). The third kappa shape index (κ3) is 3.11. The largest absolute Gasteiger partial charge is 0.340 e. The summed E-state index contributed by atoms with van der Waals surface area (Å²) in [5.74, 6) is 0.384. The lowest BCUT2D eigenvalue weighted by Gasteiger charge is -2.24. The molecule has 0 fully saturated rings. The molecular weight excluding hydrogens is 358 g/mol. The molecule has 3 aromatic rings. The van der Waals surface area contributed by atoms with Gasteiger partial charge in [0.2, 0.25) is 5.91 Å². The van der Waals surface area contributed by atoms with Gasteiger partial charge in [0.15, 0.2) is 0 Å². The van der Waals surface area contributed by atoms with E-state index in [9.17, 15) is 14.4 Å². The van der Waals surface area contributed by atoms with Gasteiger partial charge >= 0.3 is 0 Å². The summed E-state index contributed by atoms with van der Waals surface area (Å²) >= 11 is 0. The minimum atomic E-state index is -0.730. The maximum absolute atomic E-state index is 13.1. The van der Waals surface area contributed by atoms with Gasteiger partial charge in [0.25, 0.3) is 11.1 Å². The number of nitrogens with zero attached hydrogens (tertiary/aromatic N) is 4. The molecule has 0 saturated carbocycles. The van der Waals surface area contributed by atoms with Crippen LogP contribution < -0.4 is 11.1 Å². The number of hydrogen-bond donors (Lipinski definition) is 1. The third-order valence-electron chi connectivity index (χ3n) is 5.23. The molecule has 1 aromatic carbocycles. The number of aromatic amines is 1. The summed E-state index contributed by atoms with van der Waals surface area (Å²) in [6, 6.07) is 6.45. The van der Waals surface area contributed by atoms with Crippen LogP contribution in [0.2, 0.25) is 0 Å². The van der Waals surface area contributed by atoms with E-state index in [-0.39, 0.29) is 17.0 Å². The summed E-state index contributed by atoms with van der Waals surface area (Å²) in [7, 11) is 0. The standard InChI is InChI=1S/C20H21N5O3/c1-12(25-20(28)15-6-4-3-5-14(15)11-21-25)19(27)24-9-7-16-17(8-10-24)22-13(2)23-18(16)26/h3-6,11-12H,7-10H2,1-2H3,(H,22,23,26). The van der Waals surface area contributed by atoms with E-state index in [1.165, 1.54) is 4.68 Å². The van der Waals surface area contributed by atoms with Crippen molar-refractivity contribution >= 4 is 16.7 Å². The van der Waals surface area contributed by atoms with E-state index in [0.29, 0.717) is 42.7 Å². The first kappa shape index (κ1) is 18.1. The van der Waals surface area contributed by atoms with Gasteiger partial charge in [-0.1, -0.05) is 18.2 Å². The van der Waals surface area contributed by atoms with Crippen LogP contribution in [0.25, 0.3) is 10.8 Å². The molecule has 1 aliphatic heterocycles. The molecule has 1 unspecified atom stereocenters. The highest BCUT2D eigenvalue weighted by molar-refractivity contribution is 5.82. The third-order valence-corrected chi connectivity index (χ3v) is 5.23. The van der Waals surface area contributed by atoms with E-state index in [4.69, 9.17) is 0 Å². The van der Waals surface area contributed by atoms with Crippen molar-refractivity contribution in [3.05, 3.63) is 68.3 Å². The summed E-state index contributed by atoms with van der Waals surface area (Å²) in [5, 5.41) is 5.48. The molecule has 1 N–H and O–H groups in total. The Kier molecular flexibility index (Phi) is 4.54. The van der Waals surface area contributed by atoms with Crippen LogP contribution in [0, 0.1) is 6.92 Å². The fourth-order valence-electron chi connectivity index (χ4n) is 3.70. The fraction of sp³-hybridized carbons (Fsp3) is 0.350. The van der Waals surface area contributed by atoms with Crippen molar-refractivity contribution in [1.82, 2.24) is 24.6 Å². The second-order valence-electron chi connectivity index (χ2n) is 7.06. The van der Waals surface area contributed by atoms with Gasteiger partial charge in [-0.2, -0.15) is 5.10 Å². The number of H-pyrrole nitrogens is 1. The van der Waals surface area contributed by atoms with E-state index in [1.54, 1.807) is 37.1 Å². The lowest BCUT2D eigenvalue weighted by Crippen LogP contribution is -2.41. The van der Waals surface area contributed by atoms with Crippen LogP contribution >= 0.6 is 0 Å². The lowest BCUT2D eigenvalue weighted by atomic mass is 10.1. The van der Waals surface area contributed by atoms with Gasteiger partial charge in [0, 0.05) is 30.5 Å². The Morgan fingerprint density at radius 1 is 1.18 bits per heavy atom. The molecule has 0 bridgehead atoms. The number of aryl methyl sites for hydroxylation is 1. The predicted octanol–water partition coefficient (Wildman–Crippen LogP) is 0.977. The van der Waals surface area contributed by atoms with Crippen molar-refractivity contribution < 1.29 is 4.79 Å². The van der Waals surface area contributed by atoms with Gasteiger partial charge in [0.05, 0.1) is 17.3 Å². The number of carbonyl (C=O) groups is 1. The molecule has 1 aliphatic rings. The minimum Gasteiger partial charge on any atom is -0.340 e. The molecule has 1 atom stereocenters. The highest BCUT2D eigenvalue weighted by atomic mass is 16.2. The van der Waals surface area contributed by atoms with Crippen LogP contribution in [0.4, 0.5) is 0 Å². The molecular formula is C20H21N5O3. The number of fused-ring (bicyclic) bond motifs is 2. The summed E-state index contributed by atoms with van der Waals surface area (Å²) < 4.78 is 1.23. The molecule has 0 radical (unpaired) electrons. The van der Waals surface area contributed by atoms with Crippen molar-refractivity contribution in [1.29, 1.82) is 0 Å². The normalized spacial score (nSPS) is 15.1. The Morgan fingerprint density at radius 2 is 1.93 bits per heavy atom. The van der Waals surface area contributed by atoms with E-state index < -0.39 is 6.04 Å². The number of benzene rings is 1. The van der Waals surface area contributed by atoms with Gasteiger partial charge in [-0.15, -0.1) is 0 Å². The van der Waals surface area contributed by atoms with Crippen LogP contribution in [-0.2, 0) is 17.6 Å². The number of amides is 1. The molecule has 0 saturated heterocycles. The van der Waals surface area contributed by atoms with E-state index in [0.717, 1.165) is 11.1 Å². The Bertz CT molecular complexity index is 1180.